The maximum atomic E-state index is 12.4. The molecule has 1 aromatic rings. The van der Waals surface area contributed by atoms with Gasteiger partial charge in [0.25, 0.3) is 5.91 Å². The third-order valence-corrected chi connectivity index (χ3v) is 5.43. The number of aromatic amines is 1. The first-order chi connectivity index (χ1) is 10.2. The van der Waals surface area contributed by atoms with E-state index in [0.717, 1.165) is 6.42 Å². The van der Waals surface area contributed by atoms with E-state index in [1.807, 2.05) is 6.92 Å². The highest BCUT2D eigenvalue weighted by Crippen LogP contribution is 2.20. The minimum absolute atomic E-state index is 0.0375. The fourth-order valence-corrected chi connectivity index (χ4v) is 3.68. The number of sulfonamides is 1. The van der Waals surface area contributed by atoms with E-state index in [2.05, 4.69) is 9.71 Å². The largest absolute Gasteiger partial charge is 0.391 e. The molecule has 0 aliphatic carbocycles. The summed E-state index contributed by atoms with van der Waals surface area (Å²) in [4.78, 5) is 16.7. The predicted octanol–water partition coefficient (Wildman–Crippen LogP) is 0.544. The molecule has 0 saturated carbocycles. The number of hydrogen-bond acceptors (Lipinski definition) is 4. The summed E-state index contributed by atoms with van der Waals surface area (Å²) < 4.78 is 26.6. The molecule has 1 saturated heterocycles. The number of amides is 1. The van der Waals surface area contributed by atoms with Crippen molar-refractivity contribution >= 4 is 15.9 Å². The van der Waals surface area contributed by atoms with Crippen LogP contribution in [-0.4, -0.2) is 54.6 Å². The fourth-order valence-electron chi connectivity index (χ4n) is 2.44. The van der Waals surface area contributed by atoms with E-state index in [1.54, 1.807) is 18.7 Å². The van der Waals surface area contributed by atoms with E-state index < -0.39 is 16.1 Å². The van der Waals surface area contributed by atoms with E-state index in [1.165, 1.54) is 12.3 Å². The number of carbonyl (C=O) groups is 1. The molecule has 3 N–H and O–H groups in total. The number of aliphatic hydroxyl groups is 1. The number of rotatable bonds is 4. The van der Waals surface area contributed by atoms with Crippen molar-refractivity contribution in [1.82, 2.24) is 14.6 Å². The highest BCUT2D eigenvalue weighted by Gasteiger charge is 2.29. The van der Waals surface area contributed by atoms with Crippen LogP contribution in [-0.2, 0) is 10.0 Å². The molecule has 0 aromatic carbocycles. The van der Waals surface area contributed by atoms with Gasteiger partial charge in [-0.05, 0) is 32.3 Å². The average Bonchev–Trinajstić information content (AvgIpc) is 2.90. The second kappa shape index (κ2) is 6.39. The zero-order valence-corrected chi connectivity index (χ0v) is 13.9. The van der Waals surface area contributed by atoms with Crippen LogP contribution in [0.4, 0.5) is 0 Å². The molecular weight excluding hydrogens is 306 g/mol. The zero-order valence-electron chi connectivity index (χ0n) is 13.0. The molecule has 1 aliphatic heterocycles. The molecule has 1 fully saturated rings. The van der Waals surface area contributed by atoms with Gasteiger partial charge in [0.05, 0.1) is 6.10 Å². The van der Waals surface area contributed by atoms with Crippen molar-refractivity contribution in [2.75, 3.05) is 13.1 Å². The Hall–Kier alpha value is -1.38. The second-order valence-electron chi connectivity index (χ2n) is 6.11. The normalized spacial score (nSPS) is 23.0. The number of β-amino-alcohol motifs (C(OH)–C–C–N with tert-alkyl or cyclic N) is 1. The average molecular weight is 329 g/mol. The first-order valence-corrected chi connectivity index (χ1v) is 8.87. The Balaban J connectivity index is 2.13. The topological polar surface area (TPSA) is 102 Å². The molecular formula is C14H23N3O4S. The van der Waals surface area contributed by atoms with Gasteiger partial charge in [0.2, 0.25) is 10.0 Å². The van der Waals surface area contributed by atoms with Crippen molar-refractivity contribution in [2.24, 2.45) is 5.92 Å². The molecule has 22 heavy (non-hydrogen) atoms. The Morgan fingerprint density at radius 2 is 2.18 bits per heavy atom. The van der Waals surface area contributed by atoms with Crippen LogP contribution in [0, 0.1) is 5.92 Å². The van der Waals surface area contributed by atoms with Crippen LogP contribution in [0.5, 0.6) is 0 Å². The minimum Gasteiger partial charge on any atom is -0.391 e. The number of nitrogens with one attached hydrogen (secondary N) is 2. The van der Waals surface area contributed by atoms with Gasteiger partial charge in [0.1, 0.15) is 10.6 Å². The number of piperidine rings is 1. The van der Waals surface area contributed by atoms with Gasteiger partial charge in [-0.2, -0.15) is 0 Å². The van der Waals surface area contributed by atoms with E-state index in [4.69, 9.17) is 0 Å². The first kappa shape index (κ1) is 17.0. The number of H-pyrrole nitrogens is 1. The summed E-state index contributed by atoms with van der Waals surface area (Å²) in [5.41, 5.74) is 0.214. The van der Waals surface area contributed by atoms with Crippen molar-refractivity contribution in [1.29, 1.82) is 0 Å². The molecule has 2 rings (SSSR count). The second-order valence-corrected chi connectivity index (χ2v) is 7.82. The molecule has 8 heteroatoms. The lowest BCUT2D eigenvalue weighted by Gasteiger charge is -2.34. The minimum atomic E-state index is -3.62. The van der Waals surface area contributed by atoms with Gasteiger partial charge < -0.3 is 15.0 Å². The molecule has 1 aromatic heterocycles. The van der Waals surface area contributed by atoms with E-state index in [-0.39, 0.29) is 35.0 Å². The standard InChI is InChI=1S/C14H23N3O4S/c1-9(2)16-22(20,21)11-6-12(15-7-11)14(19)17-5-4-10(3)13(18)8-17/h6-7,9-10,13,15-16,18H,4-5,8H2,1-3H3. The summed E-state index contributed by atoms with van der Waals surface area (Å²) in [7, 11) is -3.62. The van der Waals surface area contributed by atoms with Crippen molar-refractivity contribution < 1.29 is 18.3 Å². The smallest absolute Gasteiger partial charge is 0.270 e. The van der Waals surface area contributed by atoms with Crippen molar-refractivity contribution in [3.8, 4) is 0 Å². The maximum absolute atomic E-state index is 12.4. The van der Waals surface area contributed by atoms with Crippen molar-refractivity contribution in [2.45, 2.75) is 44.2 Å². The third-order valence-electron chi connectivity index (χ3n) is 3.79. The third kappa shape index (κ3) is 3.68. The highest BCUT2D eigenvalue weighted by atomic mass is 32.2. The Kier molecular flexibility index (Phi) is 4.93. The molecule has 0 radical (unpaired) electrons. The molecule has 2 unspecified atom stereocenters. The summed E-state index contributed by atoms with van der Waals surface area (Å²) in [6.07, 6.45) is 1.49. The van der Waals surface area contributed by atoms with E-state index in [0.29, 0.717) is 6.54 Å². The lowest BCUT2D eigenvalue weighted by molar-refractivity contribution is 0.0245. The van der Waals surface area contributed by atoms with E-state index >= 15 is 0 Å². The van der Waals surface area contributed by atoms with Crippen LogP contribution in [0.1, 0.15) is 37.7 Å². The van der Waals surface area contributed by atoms with Gasteiger partial charge in [-0.15, -0.1) is 0 Å². The van der Waals surface area contributed by atoms with Crippen LogP contribution < -0.4 is 4.72 Å². The highest BCUT2D eigenvalue weighted by molar-refractivity contribution is 7.89. The van der Waals surface area contributed by atoms with Crippen LogP contribution in [0.25, 0.3) is 0 Å². The molecule has 0 spiro atoms. The maximum Gasteiger partial charge on any atom is 0.270 e. The number of nitrogens with zero attached hydrogens (tertiary/aromatic N) is 1. The van der Waals surface area contributed by atoms with Crippen molar-refractivity contribution in [3.63, 3.8) is 0 Å². The van der Waals surface area contributed by atoms with E-state index in [9.17, 15) is 18.3 Å². The number of hydrogen-bond donors (Lipinski definition) is 3. The molecule has 2 atom stereocenters. The molecule has 1 aliphatic rings. The van der Waals surface area contributed by atoms with Crippen LogP contribution in [0.3, 0.4) is 0 Å². The van der Waals surface area contributed by atoms with Gasteiger partial charge in [-0.3, -0.25) is 4.79 Å². The Labute approximate surface area is 130 Å². The summed E-state index contributed by atoms with van der Waals surface area (Å²) in [6.45, 7) is 6.23. The lowest BCUT2D eigenvalue weighted by atomic mass is 9.96. The predicted molar refractivity (Wildman–Crippen MR) is 81.9 cm³/mol. The molecule has 1 amide bonds. The Morgan fingerprint density at radius 1 is 1.50 bits per heavy atom. The first-order valence-electron chi connectivity index (χ1n) is 7.39. The zero-order chi connectivity index (χ0) is 16.5. The number of carbonyl (C=O) groups excluding carboxylic acids is 1. The lowest BCUT2D eigenvalue weighted by Crippen LogP contribution is -2.45. The summed E-state index contributed by atoms with van der Waals surface area (Å²) in [5.74, 6) is -0.129. The molecule has 124 valence electrons. The number of aromatic nitrogens is 1. The van der Waals surface area contributed by atoms with Gasteiger partial charge in [0.15, 0.2) is 0 Å². The molecule has 0 bridgehead atoms. The molecule has 2 heterocycles. The van der Waals surface area contributed by atoms with Gasteiger partial charge in [-0.25, -0.2) is 13.1 Å². The van der Waals surface area contributed by atoms with Crippen molar-refractivity contribution in [3.05, 3.63) is 18.0 Å². The Bertz CT molecular complexity index is 638. The van der Waals surface area contributed by atoms with Gasteiger partial charge in [0, 0.05) is 25.3 Å². The summed E-state index contributed by atoms with van der Waals surface area (Å²) >= 11 is 0. The Morgan fingerprint density at radius 3 is 2.77 bits per heavy atom. The molecule has 7 nitrogen and oxygen atoms in total. The summed E-state index contributed by atoms with van der Waals surface area (Å²) in [5, 5.41) is 9.87. The van der Waals surface area contributed by atoms with Crippen LogP contribution in [0.15, 0.2) is 17.2 Å². The monoisotopic (exact) mass is 329 g/mol. The number of likely N-dealkylation sites (tertiary alicyclic amines) is 1. The number of aliphatic hydroxyl groups excluding tert-OH is 1. The fraction of sp³-hybridized carbons (Fsp3) is 0.643. The summed E-state index contributed by atoms with van der Waals surface area (Å²) in [6, 6.07) is 1.11. The van der Waals surface area contributed by atoms with Gasteiger partial charge >= 0.3 is 0 Å². The van der Waals surface area contributed by atoms with Crippen LogP contribution in [0.2, 0.25) is 0 Å². The van der Waals surface area contributed by atoms with Gasteiger partial charge in [-0.1, -0.05) is 6.92 Å². The van der Waals surface area contributed by atoms with Crippen LogP contribution >= 0.6 is 0 Å². The SMILES string of the molecule is CC(C)NS(=O)(=O)c1c[nH]c(C(=O)N2CCC(C)C(O)C2)c1. The quantitative estimate of drug-likeness (QED) is 0.750.